The number of benzene rings is 1. The molecule has 48 nitrogen and oxygen atoms in total. The van der Waals surface area contributed by atoms with Crippen LogP contribution in [0, 0.1) is 0 Å². The second kappa shape index (κ2) is 69.9. The number of unbranched alkanes of at least 4 members (excludes halogenated alkanes) is 10. The third-order valence-corrected chi connectivity index (χ3v) is 23.1. The van der Waals surface area contributed by atoms with Crippen molar-refractivity contribution in [3.05, 3.63) is 35.9 Å². The number of nitrogens with one attached hydrogen (secondary N) is 10. The average Bonchev–Trinajstić information content (AvgIpc) is 0.785. The molecule has 4 rings (SSSR count). The largest absolute Gasteiger partial charge is 0.463 e. The van der Waals surface area contributed by atoms with Gasteiger partial charge in [0.2, 0.25) is 65.0 Å². The first-order valence-corrected chi connectivity index (χ1v) is 50.0. The second-order valence-corrected chi connectivity index (χ2v) is 36.0. The molecule has 147 heavy (non-hydrogen) atoms. The Morgan fingerprint density at radius 2 is 0.578 bits per heavy atom. The summed E-state index contributed by atoms with van der Waals surface area (Å²) in [5, 5.41) is 27.0. The van der Waals surface area contributed by atoms with Crippen molar-refractivity contribution in [1.29, 1.82) is 0 Å². The molecule has 3 aliphatic rings. The van der Waals surface area contributed by atoms with Gasteiger partial charge in [0, 0.05) is 206 Å². The van der Waals surface area contributed by atoms with E-state index in [1.807, 2.05) is 30.3 Å². The summed E-state index contributed by atoms with van der Waals surface area (Å²) in [5.41, 5.74) is 0.899. The summed E-state index contributed by atoms with van der Waals surface area (Å²) in [6.45, 7) is 11.8. The monoisotopic (exact) mass is 2080 g/mol. The van der Waals surface area contributed by atoms with Crippen LogP contribution in [0.4, 0.5) is 0 Å². The zero-order valence-corrected chi connectivity index (χ0v) is 86.2. The van der Waals surface area contributed by atoms with Gasteiger partial charge in [-0.2, -0.15) is 0 Å². The molecule has 48 heteroatoms. The Balaban J connectivity index is 1.44. The highest BCUT2D eigenvalue weighted by molar-refractivity contribution is 5.91. The van der Waals surface area contributed by atoms with Crippen LogP contribution >= 0.6 is 0 Å². The number of esters is 10. The molecule has 16 atom stereocenters. The first-order chi connectivity index (χ1) is 69.8. The molecule has 3 saturated heterocycles. The first-order valence-electron chi connectivity index (χ1n) is 50.0. The molecule has 0 radical (unpaired) electrons. The maximum atomic E-state index is 14.5. The third-order valence-electron chi connectivity index (χ3n) is 23.1. The summed E-state index contributed by atoms with van der Waals surface area (Å²) in [6.07, 6.45) is -11.1. The summed E-state index contributed by atoms with van der Waals surface area (Å²) in [6, 6.07) is 3.99. The zero-order valence-electron chi connectivity index (χ0n) is 86.2. The molecule has 822 valence electrons. The van der Waals surface area contributed by atoms with Gasteiger partial charge in [-0.1, -0.05) is 68.9 Å². The predicted octanol–water partition coefficient (Wildman–Crippen LogP) is 1.86. The van der Waals surface area contributed by atoms with Crippen LogP contribution in [-0.4, -0.2) is 317 Å². The number of hydrogen-bond donors (Lipinski definition) is 10. The Labute approximate surface area is 854 Å². The Kier molecular flexibility index (Phi) is 60.1. The molecule has 11 amide bonds. The number of carbonyl (C=O) groups excluding carboxylic acids is 24. The summed E-state index contributed by atoms with van der Waals surface area (Å²) in [4.78, 5) is 310. The quantitative estimate of drug-likeness (QED) is 0.0253. The van der Waals surface area contributed by atoms with Crippen molar-refractivity contribution >= 4 is 142 Å². The molecular formula is C99H149N11O37. The molecular weight excluding hydrogens is 1940 g/mol. The summed E-state index contributed by atoms with van der Waals surface area (Å²) >= 11 is 0. The van der Waals surface area contributed by atoms with E-state index in [9.17, 15) is 115 Å². The number of Topliss-reactive ketones (excluding diaryl/α,β-unsaturated/α-hetero) is 3. The maximum absolute atomic E-state index is 14.5. The molecule has 0 aliphatic carbocycles. The van der Waals surface area contributed by atoms with Gasteiger partial charge in [0.05, 0.1) is 0 Å². The van der Waals surface area contributed by atoms with Crippen molar-refractivity contribution in [3.63, 3.8) is 0 Å². The number of amides is 11. The van der Waals surface area contributed by atoms with E-state index in [1.165, 1.54) is 4.90 Å². The molecule has 15 unspecified atom stereocenters. The smallest absolute Gasteiger partial charge is 0.306 e. The van der Waals surface area contributed by atoms with Crippen LogP contribution in [0.2, 0.25) is 0 Å². The van der Waals surface area contributed by atoms with Crippen LogP contribution in [0.5, 0.6) is 0 Å². The zero-order chi connectivity index (χ0) is 109. The molecule has 0 saturated carbocycles. The maximum Gasteiger partial charge on any atom is 0.306 e. The number of carbonyl (C=O) groups is 24. The molecule has 3 aliphatic heterocycles. The predicted molar refractivity (Wildman–Crippen MR) is 514 cm³/mol. The van der Waals surface area contributed by atoms with Crippen molar-refractivity contribution in [2.75, 3.05) is 72.2 Å². The fraction of sp³-hybridized carbons (Fsp3) is 0.697. The van der Waals surface area contributed by atoms with Crippen molar-refractivity contribution in [3.8, 4) is 0 Å². The molecule has 0 aromatic heterocycles. The number of ether oxygens (including phenoxy) is 13. The topological polar surface area (TPSA) is 653 Å². The van der Waals surface area contributed by atoms with Gasteiger partial charge < -0.3 is 120 Å². The van der Waals surface area contributed by atoms with E-state index >= 15 is 0 Å². The standard InChI is InChI=1S/C99H149N11O37/c1-59(111)106-87-90(145-76(56-135-62(4)114)93(139-65(7)117)96(87)142-68(10)120)73(123)35-30-41-81(128)100-47-27-23-38-79(126)103-51-53-110(54-52-104-80(127)39-24-28-48-101-82(129)42-31-36-74(124)91-88(107-60(2)112)97(143-69(11)121)94(140-66(8)118)77(146-91)57-136-63(5)115)85(132)46-45-72(99(134)105-50-26-18-16-14-13-15-17-22-44-86(133)138-55-71-33-20-19-21-34-71)109-84(131)40-25-29-49-102-83(130)43-32-37-75(125)92-89(108-61(3)113)98(144-70(12)122)95(141-67(9)119)78(147-92)58-137-64(6)116/h19-21,33-34,72,76-78,87-98H,13-18,22-32,35-58H2,1-12H3,(H,100,128)(H,101,129)(H,102,130)(H,103,126)(H,104,127)(H,105,134)(H,106,111)(H,107,112)(H,108,113)(H,109,131)/t72-,76?,77?,78?,87?,88?,89?,90?,91?,92?,93?,94?,95?,96?,97?,98?/m0/s1. The van der Waals surface area contributed by atoms with E-state index in [1.54, 1.807) is 0 Å². The minimum atomic E-state index is -1.53. The SMILES string of the molecule is CC(=O)NC1C(C(=O)CCCC(=O)NCCCCC(=O)NCCN(CCNC(=O)CCCCNC(=O)CCCC(=O)C2OC(COC(C)=O)C(OC(C)=O)C(OC(C)=O)C2NC(C)=O)C(=O)CC[C@H](NC(=O)CCCCNC(=O)CCCC(=O)C2OC(COC(C)=O)C(OC(C)=O)C(OC(C)=O)C2NC(C)=O)C(=O)NCCCCCCCCCCC(=O)OCc2ccccc2)OC(COC(C)=O)C(OC(C)=O)C1OC(C)=O. The Hall–Kier alpha value is -13.0. The van der Waals surface area contributed by atoms with E-state index in [2.05, 4.69) is 53.2 Å². The normalized spacial score (nSPS) is 20.3. The molecule has 1 aromatic rings. The fourth-order valence-corrected chi connectivity index (χ4v) is 16.5. The molecule has 0 spiro atoms. The van der Waals surface area contributed by atoms with Gasteiger partial charge in [-0.05, 0) is 82.6 Å². The molecule has 1 aromatic carbocycles. The lowest BCUT2D eigenvalue weighted by Gasteiger charge is -2.44. The van der Waals surface area contributed by atoms with E-state index < -0.39 is 253 Å². The van der Waals surface area contributed by atoms with E-state index in [0.717, 1.165) is 127 Å². The van der Waals surface area contributed by atoms with Gasteiger partial charge in [-0.3, -0.25) is 115 Å². The van der Waals surface area contributed by atoms with Gasteiger partial charge in [0.1, 0.15) is 87.2 Å². The first kappa shape index (κ1) is 126. The lowest BCUT2D eigenvalue weighted by molar-refractivity contribution is -0.222. The van der Waals surface area contributed by atoms with Gasteiger partial charge in [0.15, 0.2) is 54.0 Å². The van der Waals surface area contributed by atoms with Crippen LogP contribution in [0.1, 0.15) is 275 Å². The highest BCUT2D eigenvalue weighted by Crippen LogP contribution is 2.33. The van der Waals surface area contributed by atoms with Crippen LogP contribution < -0.4 is 53.2 Å². The van der Waals surface area contributed by atoms with Crippen LogP contribution in [0.3, 0.4) is 0 Å². The van der Waals surface area contributed by atoms with Crippen molar-refractivity contribution < 1.29 is 177 Å². The minimum Gasteiger partial charge on any atom is -0.463 e. The van der Waals surface area contributed by atoms with Gasteiger partial charge in [-0.25, -0.2) is 0 Å². The van der Waals surface area contributed by atoms with Gasteiger partial charge >= 0.3 is 59.7 Å². The number of hydrogen-bond acceptors (Lipinski definition) is 37. The Bertz CT molecular complexity index is 4410. The number of ketones is 3. The summed E-state index contributed by atoms with van der Waals surface area (Å²) in [5.74, 6) is -15.4. The molecule has 3 fully saturated rings. The molecule has 0 bridgehead atoms. The van der Waals surface area contributed by atoms with E-state index in [-0.39, 0.29) is 181 Å². The number of nitrogens with zero attached hydrogens (tertiary/aromatic N) is 1. The summed E-state index contributed by atoms with van der Waals surface area (Å²) in [7, 11) is 0. The fourth-order valence-electron chi connectivity index (χ4n) is 16.5. The highest BCUT2D eigenvalue weighted by atomic mass is 16.7. The van der Waals surface area contributed by atoms with Crippen molar-refractivity contribution in [2.24, 2.45) is 0 Å². The van der Waals surface area contributed by atoms with Crippen LogP contribution in [0.15, 0.2) is 30.3 Å². The van der Waals surface area contributed by atoms with Crippen LogP contribution in [-0.2, 0) is 183 Å². The second-order valence-electron chi connectivity index (χ2n) is 36.0. The van der Waals surface area contributed by atoms with E-state index in [4.69, 9.17) is 61.6 Å². The lowest BCUT2D eigenvalue weighted by atomic mass is 9.88. The highest BCUT2D eigenvalue weighted by Gasteiger charge is 2.56. The Morgan fingerprint density at radius 1 is 0.293 bits per heavy atom. The Morgan fingerprint density at radius 3 is 0.905 bits per heavy atom. The van der Waals surface area contributed by atoms with Crippen molar-refractivity contribution in [2.45, 2.75) is 373 Å². The molecule has 3 heterocycles. The van der Waals surface area contributed by atoms with E-state index in [0.29, 0.717) is 32.1 Å². The summed E-state index contributed by atoms with van der Waals surface area (Å²) < 4.78 is 71.4. The van der Waals surface area contributed by atoms with Crippen LogP contribution in [0.25, 0.3) is 0 Å². The lowest BCUT2D eigenvalue weighted by Crippen LogP contribution is -2.67. The average molecular weight is 2090 g/mol. The van der Waals surface area contributed by atoms with Gasteiger partial charge in [0.25, 0.3) is 0 Å². The third kappa shape index (κ3) is 52.7. The van der Waals surface area contributed by atoms with Crippen molar-refractivity contribution in [1.82, 2.24) is 58.1 Å². The van der Waals surface area contributed by atoms with Gasteiger partial charge in [-0.15, -0.1) is 0 Å². The minimum absolute atomic E-state index is 0.0225. The number of rotatable bonds is 69. The molecule has 10 N–H and O–H groups in total.